The summed E-state index contributed by atoms with van der Waals surface area (Å²) in [6, 6.07) is 20.9. The summed E-state index contributed by atoms with van der Waals surface area (Å²) in [6.45, 7) is 9.12. The molecule has 0 saturated heterocycles. The summed E-state index contributed by atoms with van der Waals surface area (Å²) in [5.41, 5.74) is 7.28. The van der Waals surface area contributed by atoms with Gasteiger partial charge in [-0.1, -0.05) is 48.0 Å². The van der Waals surface area contributed by atoms with Crippen molar-refractivity contribution in [1.29, 1.82) is 0 Å². The van der Waals surface area contributed by atoms with Gasteiger partial charge in [-0.25, -0.2) is 4.21 Å². The van der Waals surface area contributed by atoms with Gasteiger partial charge in [0.25, 0.3) is 0 Å². The van der Waals surface area contributed by atoms with E-state index in [1.165, 1.54) is 22.3 Å². The fourth-order valence-corrected chi connectivity index (χ4v) is 5.42. The van der Waals surface area contributed by atoms with E-state index in [-0.39, 0.29) is 0 Å². The third-order valence-electron chi connectivity index (χ3n) is 5.64. The number of para-hydroxylation sites is 1. The van der Waals surface area contributed by atoms with Gasteiger partial charge in [0.2, 0.25) is 0 Å². The van der Waals surface area contributed by atoms with Crippen LogP contribution >= 0.6 is 0 Å². The first-order chi connectivity index (χ1) is 14.1. The van der Waals surface area contributed by atoms with Crippen LogP contribution in [0, 0.1) is 20.8 Å². The predicted octanol–water partition coefficient (Wildman–Crippen LogP) is 5.41. The molecular formula is C25H28N2OS. The van der Waals surface area contributed by atoms with Crippen LogP contribution in [0.15, 0.2) is 70.5 Å². The molecule has 4 heteroatoms. The average Bonchev–Trinajstić information content (AvgIpc) is 2.72. The van der Waals surface area contributed by atoms with Crippen LogP contribution in [0.1, 0.15) is 28.7 Å². The molecule has 0 aliphatic carbocycles. The zero-order valence-electron chi connectivity index (χ0n) is 17.4. The Hall–Kier alpha value is -2.43. The van der Waals surface area contributed by atoms with Gasteiger partial charge in [0.05, 0.1) is 32.0 Å². The summed E-state index contributed by atoms with van der Waals surface area (Å²) in [6.07, 6.45) is 1.01. The zero-order valence-corrected chi connectivity index (χ0v) is 18.2. The molecule has 1 N–H and O–H groups in total. The Labute approximate surface area is 176 Å². The lowest BCUT2D eigenvalue weighted by atomic mass is 10.1. The molecule has 3 aromatic rings. The van der Waals surface area contributed by atoms with Gasteiger partial charge < -0.3 is 10.2 Å². The summed E-state index contributed by atoms with van der Waals surface area (Å²) >= 11 is 0. The molecule has 3 aromatic carbocycles. The molecule has 0 spiro atoms. The van der Waals surface area contributed by atoms with Gasteiger partial charge in [-0.3, -0.25) is 0 Å². The SMILES string of the molecule is Cc1cccc(CNCCCN2c3ccccc3S(=O)c3ccc(C)c(C)c32)c1. The Morgan fingerprint density at radius 2 is 1.76 bits per heavy atom. The molecule has 3 nitrogen and oxygen atoms in total. The van der Waals surface area contributed by atoms with E-state index in [9.17, 15) is 4.21 Å². The molecule has 4 rings (SSSR count). The van der Waals surface area contributed by atoms with Crippen molar-refractivity contribution in [3.63, 3.8) is 0 Å². The third-order valence-corrected chi connectivity index (χ3v) is 7.11. The lowest BCUT2D eigenvalue weighted by Crippen LogP contribution is -2.28. The van der Waals surface area contributed by atoms with Gasteiger partial charge >= 0.3 is 0 Å². The highest BCUT2D eigenvalue weighted by Gasteiger charge is 2.29. The van der Waals surface area contributed by atoms with E-state index in [1.54, 1.807) is 0 Å². The highest BCUT2D eigenvalue weighted by molar-refractivity contribution is 7.85. The molecule has 1 heterocycles. The number of nitrogens with zero attached hydrogens (tertiary/aromatic N) is 1. The van der Waals surface area contributed by atoms with Crippen molar-refractivity contribution in [2.24, 2.45) is 0 Å². The molecule has 0 amide bonds. The van der Waals surface area contributed by atoms with Crippen molar-refractivity contribution in [3.8, 4) is 0 Å². The first-order valence-electron chi connectivity index (χ1n) is 10.2. The number of rotatable bonds is 6. The topological polar surface area (TPSA) is 32.3 Å². The van der Waals surface area contributed by atoms with E-state index < -0.39 is 10.8 Å². The molecule has 0 radical (unpaired) electrons. The van der Waals surface area contributed by atoms with E-state index in [1.807, 2.05) is 24.3 Å². The van der Waals surface area contributed by atoms with Gasteiger partial charge in [-0.15, -0.1) is 0 Å². The van der Waals surface area contributed by atoms with E-state index in [4.69, 9.17) is 0 Å². The van der Waals surface area contributed by atoms with Gasteiger partial charge in [0, 0.05) is 13.1 Å². The van der Waals surface area contributed by atoms with E-state index in [0.717, 1.165) is 47.2 Å². The number of hydrogen-bond acceptors (Lipinski definition) is 3. The minimum atomic E-state index is -1.12. The van der Waals surface area contributed by atoms with Crippen LogP contribution in [0.4, 0.5) is 11.4 Å². The van der Waals surface area contributed by atoms with Crippen molar-refractivity contribution in [1.82, 2.24) is 5.32 Å². The number of aryl methyl sites for hydroxylation is 2. The maximum absolute atomic E-state index is 13.1. The molecule has 0 aromatic heterocycles. The fraction of sp³-hybridized carbons (Fsp3) is 0.280. The first-order valence-corrected chi connectivity index (χ1v) is 11.4. The normalized spacial score (nSPS) is 15.1. The fourth-order valence-electron chi connectivity index (χ4n) is 3.99. The van der Waals surface area contributed by atoms with Crippen LogP contribution < -0.4 is 10.2 Å². The number of hydrogen-bond donors (Lipinski definition) is 1. The standard InChI is InChI=1S/C25H28N2OS/c1-18-8-6-9-21(16-18)17-26-14-7-15-27-22-10-4-5-11-23(22)29(28)24-13-12-19(2)20(3)25(24)27/h4-6,8-13,16,26H,7,14-15,17H2,1-3H3. The van der Waals surface area contributed by atoms with Crippen LogP contribution in [0.3, 0.4) is 0 Å². The quantitative estimate of drug-likeness (QED) is 0.558. The van der Waals surface area contributed by atoms with Gasteiger partial charge in [0.1, 0.15) is 0 Å². The van der Waals surface area contributed by atoms with Gasteiger partial charge in [-0.05, 0) is 68.6 Å². The zero-order chi connectivity index (χ0) is 20.4. The second kappa shape index (κ2) is 8.52. The van der Waals surface area contributed by atoms with Crippen LogP contribution in [0.2, 0.25) is 0 Å². The Bertz CT molecular complexity index is 1060. The minimum absolute atomic E-state index is 0.886. The van der Waals surface area contributed by atoms with Crippen molar-refractivity contribution < 1.29 is 4.21 Å². The number of anilines is 2. The Balaban J connectivity index is 1.50. The van der Waals surface area contributed by atoms with Crippen molar-refractivity contribution in [2.75, 3.05) is 18.0 Å². The lowest BCUT2D eigenvalue weighted by molar-refractivity contribution is 0.646. The van der Waals surface area contributed by atoms with E-state index in [2.05, 4.69) is 67.4 Å². The minimum Gasteiger partial charge on any atom is -0.339 e. The van der Waals surface area contributed by atoms with E-state index in [0.29, 0.717) is 0 Å². The predicted molar refractivity (Wildman–Crippen MR) is 122 cm³/mol. The average molecular weight is 405 g/mol. The van der Waals surface area contributed by atoms with E-state index >= 15 is 0 Å². The highest BCUT2D eigenvalue weighted by Crippen LogP contribution is 2.44. The third kappa shape index (κ3) is 4.00. The monoisotopic (exact) mass is 404 g/mol. The van der Waals surface area contributed by atoms with Crippen molar-refractivity contribution in [3.05, 3.63) is 82.9 Å². The molecule has 29 heavy (non-hydrogen) atoms. The lowest BCUT2D eigenvalue weighted by Gasteiger charge is -2.34. The highest BCUT2D eigenvalue weighted by atomic mass is 32.2. The number of nitrogens with one attached hydrogen (secondary N) is 1. The smallest absolute Gasteiger partial charge is 0.0892 e. The van der Waals surface area contributed by atoms with Crippen molar-refractivity contribution in [2.45, 2.75) is 43.5 Å². The van der Waals surface area contributed by atoms with Crippen LogP contribution in [-0.4, -0.2) is 17.3 Å². The summed E-state index contributed by atoms with van der Waals surface area (Å²) < 4.78 is 13.1. The first kappa shape index (κ1) is 19.9. The Kier molecular flexibility index (Phi) is 5.84. The van der Waals surface area contributed by atoms with Crippen LogP contribution in [-0.2, 0) is 17.3 Å². The maximum Gasteiger partial charge on any atom is 0.0892 e. The second-order valence-corrected chi connectivity index (χ2v) is 9.18. The molecule has 1 aliphatic heterocycles. The summed E-state index contributed by atoms with van der Waals surface area (Å²) in [7, 11) is -1.12. The van der Waals surface area contributed by atoms with Gasteiger partial charge in [-0.2, -0.15) is 0 Å². The largest absolute Gasteiger partial charge is 0.339 e. The molecule has 1 atom stereocenters. The molecule has 1 aliphatic rings. The number of benzene rings is 3. The Morgan fingerprint density at radius 1 is 0.931 bits per heavy atom. The maximum atomic E-state index is 13.1. The van der Waals surface area contributed by atoms with Crippen molar-refractivity contribution >= 4 is 22.2 Å². The van der Waals surface area contributed by atoms with Crippen LogP contribution in [0.25, 0.3) is 0 Å². The molecule has 0 fully saturated rings. The summed E-state index contributed by atoms with van der Waals surface area (Å²) in [4.78, 5) is 4.21. The Morgan fingerprint density at radius 3 is 2.59 bits per heavy atom. The van der Waals surface area contributed by atoms with Gasteiger partial charge in [0.15, 0.2) is 0 Å². The molecule has 0 saturated carbocycles. The molecular weight excluding hydrogens is 376 g/mol. The molecule has 150 valence electrons. The second-order valence-electron chi connectivity index (χ2n) is 7.76. The molecule has 0 bridgehead atoms. The summed E-state index contributed by atoms with van der Waals surface area (Å²) in [5, 5.41) is 3.56. The molecule has 1 unspecified atom stereocenters. The number of fused-ring (bicyclic) bond motifs is 2. The summed E-state index contributed by atoms with van der Waals surface area (Å²) in [5.74, 6) is 0. The van der Waals surface area contributed by atoms with Crippen LogP contribution in [0.5, 0.6) is 0 Å².